The van der Waals surface area contributed by atoms with Gasteiger partial charge in [0.1, 0.15) is 5.75 Å². The van der Waals surface area contributed by atoms with E-state index in [9.17, 15) is 9.59 Å². The number of carboxylic acid groups (broad SMARTS) is 1. The van der Waals surface area contributed by atoms with Crippen molar-refractivity contribution in [3.05, 3.63) is 29.8 Å². The van der Waals surface area contributed by atoms with Gasteiger partial charge in [-0.2, -0.15) is 0 Å². The van der Waals surface area contributed by atoms with Crippen LogP contribution in [-0.2, 0) is 4.79 Å². The third kappa shape index (κ3) is 3.91. The van der Waals surface area contributed by atoms with E-state index >= 15 is 0 Å². The first-order valence-corrected chi connectivity index (χ1v) is 3.61. The van der Waals surface area contributed by atoms with Crippen molar-refractivity contribution in [2.24, 2.45) is 0 Å². The summed E-state index contributed by atoms with van der Waals surface area (Å²) < 4.78 is 4.72. The first kappa shape index (κ1) is 13.2. The summed E-state index contributed by atoms with van der Waals surface area (Å²) in [5.41, 5.74) is 0.163. The molecule has 1 rings (SSSR count). The van der Waals surface area contributed by atoms with Gasteiger partial charge < -0.3 is 9.84 Å². The number of carbonyl (C=O) groups excluding carboxylic acids is 1. The minimum absolute atomic E-state index is 0. The standard InChI is InChI=1S/C9H8O4.Na.H/c1-6(10)13-8-4-2-7(3-5-8)9(11)12;;/h2-5H,1H3,(H,11,12);;. The third-order valence-corrected chi connectivity index (χ3v) is 1.36. The summed E-state index contributed by atoms with van der Waals surface area (Å²) in [5.74, 6) is -1.09. The molecule has 0 spiro atoms. The molecule has 0 saturated heterocycles. The van der Waals surface area contributed by atoms with Crippen molar-refractivity contribution < 1.29 is 19.4 Å². The fourth-order valence-electron chi connectivity index (χ4n) is 0.832. The summed E-state index contributed by atoms with van der Waals surface area (Å²) in [7, 11) is 0. The second-order valence-electron chi connectivity index (χ2n) is 2.42. The first-order chi connectivity index (χ1) is 6.09. The maximum absolute atomic E-state index is 10.5. The molecule has 14 heavy (non-hydrogen) atoms. The summed E-state index contributed by atoms with van der Waals surface area (Å²) in [6.45, 7) is 1.28. The Hall–Kier alpha value is -0.840. The Morgan fingerprint density at radius 2 is 1.71 bits per heavy atom. The Labute approximate surface area is 103 Å². The number of hydrogen-bond acceptors (Lipinski definition) is 3. The van der Waals surface area contributed by atoms with Crippen LogP contribution in [0.3, 0.4) is 0 Å². The van der Waals surface area contributed by atoms with E-state index in [1.54, 1.807) is 0 Å². The van der Waals surface area contributed by atoms with Crippen LogP contribution >= 0.6 is 0 Å². The van der Waals surface area contributed by atoms with Crippen molar-refractivity contribution in [2.75, 3.05) is 0 Å². The molecule has 0 unspecified atom stereocenters. The number of carboxylic acids is 1. The van der Waals surface area contributed by atoms with Gasteiger partial charge in [-0.25, -0.2) is 4.79 Å². The van der Waals surface area contributed by atoms with Gasteiger partial charge in [0, 0.05) is 6.92 Å². The van der Waals surface area contributed by atoms with E-state index < -0.39 is 11.9 Å². The van der Waals surface area contributed by atoms with Crippen LogP contribution in [0.15, 0.2) is 24.3 Å². The van der Waals surface area contributed by atoms with Gasteiger partial charge in [0.15, 0.2) is 0 Å². The molecule has 0 aliphatic rings. The summed E-state index contributed by atoms with van der Waals surface area (Å²) in [6.07, 6.45) is 0. The van der Waals surface area contributed by atoms with Crippen molar-refractivity contribution in [1.82, 2.24) is 0 Å². The SMILES string of the molecule is CC(=O)Oc1ccc(C(=O)O)cc1.[NaH]. The number of esters is 1. The van der Waals surface area contributed by atoms with E-state index in [0.29, 0.717) is 5.75 Å². The summed E-state index contributed by atoms with van der Waals surface area (Å²) in [5, 5.41) is 8.55. The molecule has 0 atom stereocenters. The average Bonchev–Trinajstić information content (AvgIpc) is 2.04. The van der Waals surface area contributed by atoms with E-state index in [1.807, 2.05) is 0 Å². The molecule has 4 nitrogen and oxygen atoms in total. The Kier molecular flexibility index (Phi) is 5.45. The average molecular weight is 204 g/mol. The molecule has 0 aliphatic carbocycles. The number of benzene rings is 1. The van der Waals surface area contributed by atoms with Crippen LogP contribution in [0.5, 0.6) is 5.75 Å². The number of hydrogen-bond donors (Lipinski definition) is 1. The molecule has 70 valence electrons. The van der Waals surface area contributed by atoms with Crippen molar-refractivity contribution in [3.8, 4) is 5.75 Å². The van der Waals surface area contributed by atoms with Gasteiger partial charge in [0.2, 0.25) is 0 Å². The van der Waals surface area contributed by atoms with Gasteiger partial charge in [-0.3, -0.25) is 4.79 Å². The van der Waals surface area contributed by atoms with Crippen molar-refractivity contribution in [1.29, 1.82) is 0 Å². The molecule has 1 aromatic carbocycles. The fraction of sp³-hybridized carbons (Fsp3) is 0.111. The molecular weight excluding hydrogens is 195 g/mol. The molecule has 0 fully saturated rings. The zero-order chi connectivity index (χ0) is 9.84. The second kappa shape index (κ2) is 5.80. The van der Waals surface area contributed by atoms with E-state index in [0.717, 1.165) is 0 Å². The van der Waals surface area contributed by atoms with Gasteiger partial charge in [-0.1, -0.05) is 0 Å². The normalized spacial score (nSPS) is 8.64. The Bertz CT molecular complexity index is 331. The molecule has 0 aromatic heterocycles. The number of ether oxygens (including phenoxy) is 1. The number of carbonyl (C=O) groups is 2. The summed E-state index contributed by atoms with van der Waals surface area (Å²) in [4.78, 5) is 20.9. The van der Waals surface area contributed by atoms with Crippen molar-refractivity contribution in [3.63, 3.8) is 0 Å². The molecule has 0 aliphatic heterocycles. The zero-order valence-electron chi connectivity index (χ0n) is 6.98. The van der Waals surface area contributed by atoms with Crippen LogP contribution in [0.25, 0.3) is 0 Å². The summed E-state index contributed by atoms with van der Waals surface area (Å²) >= 11 is 0. The van der Waals surface area contributed by atoms with Gasteiger partial charge in [-0.15, -0.1) is 0 Å². The van der Waals surface area contributed by atoms with Crippen LogP contribution < -0.4 is 4.74 Å². The van der Waals surface area contributed by atoms with Gasteiger partial charge in [0.25, 0.3) is 0 Å². The first-order valence-electron chi connectivity index (χ1n) is 3.61. The van der Waals surface area contributed by atoms with Crippen LogP contribution in [0.1, 0.15) is 17.3 Å². The molecule has 0 heterocycles. The molecule has 1 N–H and O–H groups in total. The van der Waals surface area contributed by atoms with E-state index in [1.165, 1.54) is 31.2 Å². The fourth-order valence-corrected chi connectivity index (χ4v) is 0.832. The monoisotopic (exact) mass is 204 g/mol. The van der Waals surface area contributed by atoms with Crippen LogP contribution in [0.2, 0.25) is 0 Å². The topological polar surface area (TPSA) is 63.6 Å². The molecule has 1 aromatic rings. The Morgan fingerprint density at radius 1 is 1.21 bits per heavy atom. The van der Waals surface area contributed by atoms with Crippen LogP contribution in [0, 0.1) is 0 Å². The zero-order valence-corrected chi connectivity index (χ0v) is 6.98. The Morgan fingerprint density at radius 3 is 2.07 bits per heavy atom. The molecule has 0 saturated carbocycles. The van der Waals surface area contributed by atoms with Crippen molar-refractivity contribution >= 4 is 41.5 Å². The quantitative estimate of drug-likeness (QED) is 0.436. The molecule has 5 heteroatoms. The van der Waals surface area contributed by atoms with Crippen LogP contribution in [0.4, 0.5) is 0 Å². The summed E-state index contributed by atoms with van der Waals surface area (Å²) in [6, 6.07) is 5.62. The minimum atomic E-state index is -1.01. The second-order valence-corrected chi connectivity index (χ2v) is 2.42. The number of aromatic carboxylic acids is 1. The van der Waals surface area contributed by atoms with Gasteiger partial charge >= 0.3 is 41.5 Å². The Balaban J connectivity index is 0.00000169. The molecule has 0 amide bonds. The molecular formula is C9H9NaO4. The third-order valence-electron chi connectivity index (χ3n) is 1.36. The predicted molar refractivity (Wildman–Crippen MR) is 51.9 cm³/mol. The van der Waals surface area contributed by atoms with E-state index in [4.69, 9.17) is 9.84 Å². The van der Waals surface area contributed by atoms with E-state index in [2.05, 4.69) is 0 Å². The predicted octanol–water partition coefficient (Wildman–Crippen LogP) is 0.662. The van der Waals surface area contributed by atoms with Crippen molar-refractivity contribution in [2.45, 2.75) is 6.92 Å². The number of rotatable bonds is 2. The molecule has 0 bridgehead atoms. The van der Waals surface area contributed by atoms with E-state index in [-0.39, 0.29) is 35.1 Å². The maximum atomic E-state index is 10.5. The van der Waals surface area contributed by atoms with Crippen LogP contribution in [-0.4, -0.2) is 46.6 Å². The van der Waals surface area contributed by atoms with Gasteiger partial charge in [-0.05, 0) is 24.3 Å². The molecule has 0 radical (unpaired) electrons. The van der Waals surface area contributed by atoms with Gasteiger partial charge in [0.05, 0.1) is 5.56 Å².